The molecular formula is C19H21ClN2O2. The van der Waals surface area contributed by atoms with Gasteiger partial charge in [0.1, 0.15) is 0 Å². The van der Waals surface area contributed by atoms with Crippen molar-refractivity contribution in [1.29, 1.82) is 0 Å². The van der Waals surface area contributed by atoms with Crippen LogP contribution in [0.3, 0.4) is 0 Å². The van der Waals surface area contributed by atoms with Gasteiger partial charge in [0, 0.05) is 37.4 Å². The molecule has 2 aromatic rings. The summed E-state index contributed by atoms with van der Waals surface area (Å²) < 4.78 is 0. The van der Waals surface area contributed by atoms with Crippen molar-refractivity contribution in [3.63, 3.8) is 0 Å². The average molecular weight is 345 g/mol. The van der Waals surface area contributed by atoms with Gasteiger partial charge >= 0.3 is 0 Å². The number of halogens is 1. The van der Waals surface area contributed by atoms with Crippen LogP contribution in [-0.2, 0) is 9.59 Å². The van der Waals surface area contributed by atoms with Crippen molar-refractivity contribution in [1.82, 2.24) is 10.6 Å². The molecule has 0 aliphatic carbocycles. The Hall–Kier alpha value is -2.33. The highest BCUT2D eigenvalue weighted by atomic mass is 35.5. The summed E-state index contributed by atoms with van der Waals surface area (Å²) in [6.45, 7) is 2.27. The first-order chi connectivity index (χ1) is 11.6. The molecule has 2 amide bonds. The Labute approximate surface area is 147 Å². The molecule has 0 aliphatic heterocycles. The van der Waals surface area contributed by atoms with Crippen LogP contribution in [-0.4, -0.2) is 24.9 Å². The monoisotopic (exact) mass is 344 g/mol. The molecule has 4 nitrogen and oxygen atoms in total. The summed E-state index contributed by atoms with van der Waals surface area (Å²) in [5, 5.41) is 6.13. The standard InChI is InChI=1S/C19H21ClN2O2/c1-14(23)21-11-12-22-19(24)13-17(15-7-3-2-4-8-15)16-9-5-6-10-18(16)20/h2-10,17H,11-13H2,1H3,(H,21,23)(H,22,24). The minimum Gasteiger partial charge on any atom is -0.355 e. The fraction of sp³-hybridized carbons (Fsp3) is 0.263. The molecule has 0 aromatic heterocycles. The first kappa shape index (κ1) is 18.0. The van der Waals surface area contributed by atoms with E-state index in [1.54, 1.807) is 0 Å². The van der Waals surface area contributed by atoms with E-state index in [0.717, 1.165) is 11.1 Å². The number of rotatable bonds is 7. The molecule has 2 N–H and O–H groups in total. The highest BCUT2D eigenvalue weighted by molar-refractivity contribution is 6.31. The first-order valence-corrected chi connectivity index (χ1v) is 8.26. The predicted octanol–water partition coefficient (Wildman–Crippen LogP) is 3.11. The number of amides is 2. The zero-order valence-corrected chi connectivity index (χ0v) is 14.3. The molecule has 126 valence electrons. The van der Waals surface area contributed by atoms with Crippen molar-refractivity contribution in [2.24, 2.45) is 0 Å². The Morgan fingerprint density at radius 2 is 1.58 bits per heavy atom. The summed E-state index contributed by atoms with van der Waals surface area (Å²) in [6.07, 6.45) is 0.299. The zero-order chi connectivity index (χ0) is 17.4. The molecule has 5 heteroatoms. The van der Waals surface area contributed by atoms with Gasteiger partial charge in [-0.05, 0) is 17.2 Å². The second kappa shape index (κ2) is 9.08. The van der Waals surface area contributed by atoms with Crippen LogP contribution in [0.15, 0.2) is 54.6 Å². The Bertz CT molecular complexity index is 689. The maximum atomic E-state index is 12.3. The van der Waals surface area contributed by atoms with Crippen LogP contribution in [0.4, 0.5) is 0 Å². The quantitative estimate of drug-likeness (QED) is 0.758. The number of carbonyl (C=O) groups is 2. The summed E-state index contributed by atoms with van der Waals surface area (Å²) in [6, 6.07) is 17.4. The second-order valence-corrected chi connectivity index (χ2v) is 5.93. The smallest absolute Gasteiger partial charge is 0.221 e. The van der Waals surface area contributed by atoms with Crippen molar-refractivity contribution in [2.75, 3.05) is 13.1 Å². The SMILES string of the molecule is CC(=O)NCCNC(=O)CC(c1ccccc1)c1ccccc1Cl. The normalized spacial score (nSPS) is 11.6. The topological polar surface area (TPSA) is 58.2 Å². The van der Waals surface area contributed by atoms with Crippen molar-refractivity contribution >= 4 is 23.4 Å². The van der Waals surface area contributed by atoms with E-state index in [4.69, 9.17) is 11.6 Å². The van der Waals surface area contributed by atoms with Gasteiger partial charge in [-0.25, -0.2) is 0 Å². The molecule has 0 fully saturated rings. The minimum atomic E-state index is -0.110. The molecular weight excluding hydrogens is 324 g/mol. The molecule has 0 spiro atoms. The van der Waals surface area contributed by atoms with Crippen molar-refractivity contribution in [3.05, 3.63) is 70.7 Å². The Kier molecular flexibility index (Phi) is 6.82. The minimum absolute atomic E-state index is 0.0749. The third-order valence-electron chi connectivity index (χ3n) is 3.69. The first-order valence-electron chi connectivity index (χ1n) is 7.88. The zero-order valence-electron chi connectivity index (χ0n) is 13.6. The Morgan fingerprint density at radius 1 is 0.958 bits per heavy atom. The number of benzene rings is 2. The summed E-state index contributed by atoms with van der Waals surface area (Å²) in [7, 11) is 0. The van der Waals surface area contributed by atoms with E-state index in [0.29, 0.717) is 24.5 Å². The molecule has 0 radical (unpaired) electrons. The van der Waals surface area contributed by atoms with E-state index in [1.165, 1.54) is 6.92 Å². The molecule has 0 heterocycles. The van der Waals surface area contributed by atoms with Crippen LogP contribution in [0.25, 0.3) is 0 Å². The number of hydrogen-bond donors (Lipinski definition) is 2. The van der Waals surface area contributed by atoms with Gasteiger partial charge in [0.05, 0.1) is 0 Å². The van der Waals surface area contributed by atoms with Crippen LogP contribution in [0.2, 0.25) is 5.02 Å². The number of carbonyl (C=O) groups excluding carboxylic acids is 2. The lowest BCUT2D eigenvalue weighted by atomic mass is 9.88. The molecule has 1 unspecified atom stereocenters. The Balaban J connectivity index is 2.09. The summed E-state index contributed by atoms with van der Waals surface area (Å²) in [4.78, 5) is 23.1. The molecule has 0 aliphatic rings. The van der Waals surface area contributed by atoms with Crippen LogP contribution in [0.1, 0.15) is 30.4 Å². The third kappa shape index (κ3) is 5.39. The van der Waals surface area contributed by atoms with E-state index in [9.17, 15) is 9.59 Å². The van der Waals surface area contributed by atoms with Gasteiger partial charge in [-0.2, -0.15) is 0 Å². The fourth-order valence-corrected chi connectivity index (χ4v) is 2.82. The van der Waals surface area contributed by atoms with Gasteiger partial charge < -0.3 is 10.6 Å². The van der Waals surface area contributed by atoms with E-state index in [-0.39, 0.29) is 17.7 Å². The van der Waals surface area contributed by atoms with E-state index < -0.39 is 0 Å². The van der Waals surface area contributed by atoms with Gasteiger partial charge in [0.15, 0.2) is 0 Å². The summed E-state index contributed by atoms with van der Waals surface area (Å²) in [5.41, 5.74) is 1.98. The van der Waals surface area contributed by atoms with Gasteiger partial charge in [-0.1, -0.05) is 60.1 Å². The fourth-order valence-electron chi connectivity index (χ4n) is 2.55. The molecule has 2 rings (SSSR count). The summed E-state index contributed by atoms with van der Waals surface area (Å²) >= 11 is 6.33. The van der Waals surface area contributed by atoms with Crippen LogP contribution >= 0.6 is 11.6 Å². The molecule has 0 saturated heterocycles. The number of hydrogen-bond acceptors (Lipinski definition) is 2. The van der Waals surface area contributed by atoms with Crippen molar-refractivity contribution in [2.45, 2.75) is 19.3 Å². The largest absolute Gasteiger partial charge is 0.355 e. The van der Waals surface area contributed by atoms with Gasteiger partial charge in [0.25, 0.3) is 0 Å². The van der Waals surface area contributed by atoms with Crippen molar-refractivity contribution in [3.8, 4) is 0 Å². The lowest BCUT2D eigenvalue weighted by Crippen LogP contribution is -2.34. The van der Waals surface area contributed by atoms with Crippen molar-refractivity contribution < 1.29 is 9.59 Å². The molecule has 24 heavy (non-hydrogen) atoms. The second-order valence-electron chi connectivity index (χ2n) is 5.52. The van der Waals surface area contributed by atoms with E-state index >= 15 is 0 Å². The molecule has 2 aromatic carbocycles. The highest BCUT2D eigenvalue weighted by Gasteiger charge is 2.20. The van der Waals surface area contributed by atoms with Gasteiger partial charge in [0.2, 0.25) is 11.8 Å². The lowest BCUT2D eigenvalue weighted by molar-refractivity contribution is -0.122. The van der Waals surface area contributed by atoms with Crippen LogP contribution in [0.5, 0.6) is 0 Å². The predicted molar refractivity (Wildman–Crippen MR) is 96.0 cm³/mol. The van der Waals surface area contributed by atoms with E-state index in [2.05, 4.69) is 10.6 Å². The molecule has 0 saturated carbocycles. The van der Waals surface area contributed by atoms with E-state index in [1.807, 2.05) is 54.6 Å². The van der Waals surface area contributed by atoms with Crippen LogP contribution < -0.4 is 10.6 Å². The van der Waals surface area contributed by atoms with Crippen LogP contribution in [0, 0.1) is 0 Å². The number of nitrogens with one attached hydrogen (secondary N) is 2. The molecule has 0 bridgehead atoms. The van der Waals surface area contributed by atoms with Gasteiger partial charge in [-0.3, -0.25) is 9.59 Å². The third-order valence-corrected chi connectivity index (χ3v) is 4.04. The summed E-state index contributed by atoms with van der Waals surface area (Å²) in [5.74, 6) is -0.294. The molecule has 1 atom stereocenters. The highest BCUT2D eigenvalue weighted by Crippen LogP contribution is 2.32. The maximum absolute atomic E-state index is 12.3. The van der Waals surface area contributed by atoms with Gasteiger partial charge in [-0.15, -0.1) is 0 Å². The lowest BCUT2D eigenvalue weighted by Gasteiger charge is -2.19. The average Bonchev–Trinajstić information content (AvgIpc) is 2.58. The Morgan fingerprint density at radius 3 is 2.25 bits per heavy atom. The maximum Gasteiger partial charge on any atom is 0.221 e.